The molecule has 3 heterocycles. The number of allylic oxidation sites excluding steroid dienone is 3. The zero-order chi connectivity index (χ0) is 41.9. The Morgan fingerprint density at radius 1 is 0.833 bits per heavy atom. The number of phenols is 1. The Hall–Kier alpha value is -5.82. The number of imide groups is 2. The topological polar surface area (TPSA) is 138 Å². The van der Waals surface area contributed by atoms with Crippen molar-refractivity contribution in [2.45, 2.75) is 18.3 Å². The fourth-order valence-corrected chi connectivity index (χ4v) is 10.4. The second-order valence-corrected chi connectivity index (χ2v) is 16.5. The molecular formula is C46H42Cl2N4O8. The van der Waals surface area contributed by atoms with Gasteiger partial charge < -0.3 is 24.2 Å². The number of nitrogens with one attached hydrogen (secondary N) is 1. The summed E-state index contributed by atoms with van der Waals surface area (Å²) in [6.07, 6.45) is 6.12. The van der Waals surface area contributed by atoms with Gasteiger partial charge in [-0.2, -0.15) is 5.01 Å². The summed E-state index contributed by atoms with van der Waals surface area (Å²) in [6, 6.07) is 24.2. The van der Waals surface area contributed by atoms with E-state index < -0.39 is 46.8 Å². The van der Waals surface area contributed by atoms with Gasteiger partial charge in [0.1, 0.15) is 5.75 Å². The van der Waals surface area contributed by atoms with Crippen molar-refractivity contribution >= 4 is 70.0 Å². The Kier molecular flexibility index (Phi) is 10.3. The third kappa shape index (κ3) is 6.40. The molecule has 0 bridgehead atoms. The summed E-state index contributed by atoms with van der Waals surface area (Å²) in [5, 5.41) is 12.0. The van der Waals surface area contributed by atoms with Crippen molar-refractivity contribution in [3.8, 4) is 17.2 Å². The lowest BCUT2D eigenvalue weighted by atomic mass is 9.50. The Balaban J connectivity index is 1.16. The van der Waals surface area contributed by atoms with E-state index in [9.17, 15) is 14.7 Å². The minimum absolute atomic E-state index is 0.0352. The van der Waals surface area contributed by atoms with Crippen LogP contribution >= 0.6 is 23.2 Å². The maximum atomic E-state index is 15.5. The van der Waals surface area contributed by atoms with Crippen LogP contribution in [0.3, 0.4) is 0 Å². The minimum Gasteiger partial charge on any atom is -0.504 e. The van der Waals surface area contributed by atoms with Gasteiger partial charge >= 0.3 is 0 Å². The number of halogens is 2. The molecule has 6 atom stereocenters. The number of carbonyl (C=O) groups excluding carboxylic acids is 4. The molecule has 308 valence electrons. The van der Waals surface area contributed by atoms with Gasteiger partial charge in [-0.25, -0.2) is 0 Å². The van der Waals surface area contributed by atoms with E-state index in [4.69, 9.17) is 37.4 Å². The number of carbonyl (C=O) groups is 4. The van der Waals surface area contributed by atoms with Gasteiger partial charge in [0, 0.05) is 29.7 Å². The second kappa shape index (κ2) is 15.7. The first-order valence-electron chi connectivity index (χ1n) is 19.9. The van der Waals surface area contributed by atoms with Gasteiger partial charge in [-0.05, 0) is 96.6 Å². The molecule has 4 fully saturated rings. The Morgan fingerprint density at radius 2 is 1.57 bits per heavy atom. The van der Waals surface area contributed by atoms with Crippen LogP contribution in [0.5, 0.6) is 17.2 Å². The van der Waals surface area contributed by atoms with Gasteiger partial charge in [0.2, 0.25) is 11.8 Å². The number of ether oxygens (including phenoxy) is 3. The van der Waals surface area contributed by atoms with Crippen molar-refractivity contribution < 1.29 is 38.5 Å². The van der Waals surface area contributed by atoms with E-state index in [0.717, 1.165) is 29.4 Å². The largest absolute Gasteiger partial charge is 0.504 e. The summed E-state index contributed by atoms with van der Waals surface area (Å²) in [7, 11) is 3.01. The molecule has 2 aliphatic carbocycles. The van der Waals surface area contributed by atoms with Crippen LogP contribution in [0.4, 0.5) is 17.1 Å². The molecule has 2 N–H and O–H groups in total. The van der Waals surface area contributed by atoms with E-state index in [2.05, 4.69) is 10.3 Å². The smallest absolute Gasteiger partial charge is 0.260 e. The first-order valence-corrected chi connectivity index (χ1v) is 20.6. The fourth-order valence-electron chi connectivity index (χ4n) is 9.98. The molecule has 9 rings (SSSR count). The fraction of sp³-hybridized carbons (Fsp3) is 0.304. The number of nitrogens with zero attached hydrogens (tertiary/aromatic N) is 3. The monoisotopic (exact) mass is 848 g/mol. The molecule has 3 saturated heterocycles. The molecular weight excluding hydrogens is 807 g/mol. The van der Waals surface area contributed by atoms with Crippen LogP contribution in [0.1, 0.15) is 24.0 Å². The average molecular weight is 850 g/mol. The summed E-state index contributed by atoms with van der Waals surface area (Å²) >= 11 is 12.8. The van der Waals surface area contributed by atoms with Crippen molar-refractivity contribution in [2.24, 2.45) is 29.6 Å². The van der Waals surface area contributed by atoms with Crippen LogP contribution < -0.4 is 24.7 Å². The molecule has 60 heavy (non-hydrogen) atoms. The number of aromatic hydroxyl groups is 1. The van der Waals surface area contributed by atoms with Crippen LogP contribution in [0.15, 0.2) is 103 Å². The lowest BCUT2D eigenvalue weighted by Crippen LogP contribution is -2.54. The van der Waals surface area contributed by atoms with Crippen molar-refractivity contribution in [3.05, 3.63) is 124 Å². The highest BCUT2D eigenvalue weighted by Crippen LogP contribution is 2.62. The zero-order valence-corrected chi connectivity index (χ0v) is 34.4. The van der Waals surface area contributed by atoms with Gasteiger partial charge in [0.15, 0.2) is 11.5 Å². The van der Waals surface area contributed by atoms with Gasteiger partial charge in [0.25, 0.3) is 11.8 Å². The predicted octanol–water partition coefficient (Wildman–Crippen LogP) is 7.29. The first-order chi connectivity index (χ1) is 29.0. The SMILES string of the molecule is COc1ccc([C@@]23C(=O)N(Nc4ccc(Cl)cc4Cl)C(=O)[C@@H]2C[C@@H]2C(=CC[C@@H]4C(=O)N(c5ccc(N6CCOCC6)cc5)C(=O)[C@@H]42)[C@@H]3C=Cc2ccc(O)c(OC)c2)cc1. The number of hydrogen-bond donors (Lipinski definition) is 2. The number of hydrazine groups is 1. The zero-order valence-electron chi connectivity index (χ0n) is 32.8. The standard InChI is InChI=1S/C46H42Cl2N4O8/c1-58-31-12-5-27(6-13-31)46-35(16-3-26-4-18-39(53)40(23-26)59-2)32-14-15-33-41(44(56)51(42(33)54)30-10-8-29(9-11-30)50-19-21-60-22-20-50)34(32)25-36(46)43(55)52(45(46)57)49-38-17-7-28(47)24-37(38)48/h3-14,16-18,23-24,33-36,41,49,53H,15,19-22,25H2,1-2H3/t33-,34+,35-,36-,41-,46-/m0/s1. The Morgan fingerprint density at radius 3 is 2.27 bits per heavy atom. The normalized spacial score (nSPS) is 26.2. The molecule has 0 aromatic heterocycles. The van der Waals surface area contributed by atoms with Crippen LogP contribution in [-0.2, 0) is 29.3 Å². The number of rotatable bonds is 9. The third-order valence-electron chi connectivity index (χ3n) is 12.8. The molecule has 4 aromatic rings. The molecule has 14 heteroatoms. The van der Waals surface area contributed by atoms with Crippen LogP contribution in [0.25, 0.3) is 6.08 Å². The second-order valence-electron chi connectivity index (χ2n) is 15.7. The van der Waals surface area contributed by atoms with E-state index in [1.165, 1.54) is 24.1 Å². The summed E-state index contributed by atoms with van der Waals surface area (Å²) in [6.45, 7) is 2.75. The molecule has 4 amide bonds. The van der Waals surface area contributed by atoms with Crippen molar-refractivity contribution in [1.29, 1.82) is 0 Å². The number of benzene rings is 4. The molecule has 0 unspecified atom stereocenters. The molecule has 1 saturated carbocycles. The first kappa shape index (κ1) is 39.6. The summed E-state index contributed by atoms with van der Waals surface area (Å²) < 4.78 is 16.4. The molecule has 5 aliphatic rings. The van der Waals surface area contributed by atoms with E-state index in [1.807, 2.05) is 42.5 Å². The molecule has 4 aromatic carbocycles. The summed E-state index contributed by atoms with van der Waals surface area (Å²) in [5.74, 6) is -4.58. The quantitative estimate of drug-likeness (QED) is 0.131. The number of methoxy groups -OCH3 is 2. The van der Waals surface area contributed by atoms with E-state index in [1.54, 1.807) is 55.6 Å². The summed E-state index contributed by atoms with van der Waals surface area (Å²) in [5.41, 5.74) is 5.32. The maximum absolute atomic E-state index is 15.5. The van der Waals surface area contributed by atoms with Crippen LogP contribution in [0.2, 0.25) is 10.0 Å². The van der Waals surface area contributed by atoms with E-state index >= 15 is 9.59 Å². The predicted molar refractivity (Wildman–Crippen MR) is 227 cm³/mol. The van der Waals surface area contributed by atoms with Crippen molar-refractivity contribution in [3.63, 3.8) is 0 Å². The van der Waals surface area contributed by atoms with Gasteiger partial charge in [-0.15, -0.1) is 0 Å². The molecule has 0 radical (unpaired) electrons. The third-order valence-corrected chi connectivity index (χ3v) is 13.4. The lowest BCUT2D eigenvalue weighted by molar-refractivity contribution is -0.139. The van der Waals surface area contributed by atoms with Gasteiger partial charge in [-0.3, -0.25) is 29.5 Å². The number of amides is 4. The van der Waals surface area contributed by atoms with Crippen LogP contribution in [0, 0.1) is 29.6 Å². The number of anilines is 3. The lowest BCUT2D eigenvalue weighted by Gasteiger charge is -2.49. The number of fused-ring (bicyclic) bond motifs is 4. The highest BCUT2D eigenvalue weighted by molar-refractivity contribution is 6.36. The van der Waals surface area contributed by atoms with Crippen molar-refractivity contribution in [2.75, 3.05) is 55.7 Å². The van der Waals surface area contributed by atoms with Gasteiger partial charge in [-0.1, -0.05) is 65.2 Å². The Bertz CT molecular complexity index is 2450. The average Bonchev–Trinajstić information content (AvgIpc) is 3.65. The van der Waals surface area contributed by atoms with Crippen LogP contribution in [-0.4, -0.2) is 74.3 Å². The number of phenolic OH excluding ortho intramolecular Hbond substituents is 1. The Labute approximate surface area is 356 Å². The highest BCUT2D eigenvalue weighted by Gasteiger charge is 2.69. The molecule has 3 aliphatic heterocycles. The van der Waals surface area contributed by atoms with E-state index in [0.29, 0.717) is 46.5 Å². The highest BCUT2D eigenvalue weighted by atomic mass is 35.5. The number of hydrogen-bond acceptors (Lipinski definition) is 10. The maximum Gasteiger partial charge on any atom is 0.260 e. The molecule has 12 nitrogen and oxygen atoms in total. The summed E-state index contributed by atoms with van der Waals surface area (Å²) in [4.78, 5) is 63.1. The van der Waals surface area contributed by atoms with Crippen molar-refractivity contribution in [1.82, 2.24) is 5.01 Å². The minimum atomic E-state index is -1.51. The van der Waals surface area contributed by atoms with E-state index in [-0.39, 0.29) is 41.2 Å². The number of morpholine rings is 1. The van der Waals surface area contributed by atoms with Gasteiger partial charge in [0.05, 0.1) is 67.0 Å². The molecule has 0 spiro atoms.